The molecule has 0 saturated heterocycles. The minimum absolute atomic E-state index is 0.147. The van der Waals surface area contributed by atoms with E-state index in [9.17, 15) is 9.59 Å². The molecule has 0 saturated carbocycles. The quantitative estimate of drug-likeness (QED) is 0.747. The Hall–Kier alpha value is -1.42. The molecular formula is C12H16O4. The zero-order valence-corrected chi connectivity index (χ0v) is 9.53. The van der Waals surface area contributed by atoms with Gasteiger partial charge in [-0.2, -0.15) is 0 Å². The van der Waals surface area contributed by atoms with Gasteiger partial charge in [0, 0.05) is 19.3 Å². The van der Waals surface area contributed by atoms with Crippen molar-refractivity contribution in [3.8, 4) is 0 Å². The van der Waals surface area contributed by atoms with Crippen LogP contribution in [0.15, 0.2) is 16.5 Å². The highest BCUT2D eigenvalue weighted by atomic mass is 16.4. The van der Waals surface area contributed by atoms with Gasteiger partial charge in [0.2, 0.25) is 5.78 Å². The minimum atomic E-state index is -1.06. The summed E-state index contributed by atoms with van der Waals surface area (Å²) in [6, 6.07) is 3.19. The van der Waals surface area contributed by atoms with E-state index in [0.717, 1.165) is 0 Å². The highest BCUT2D eigenvalue weighted by Gasteiger charge is 2.16. The molecule has 4 heteroatoms. The van der Waals surface area contributed by atoms with Crippen molar-refractivity contribution in [2.75, 3.05) is 0 Å². The van der Waals surface area contributed by atoms with E-state index in [1.807, 2.05) is 6.92 Å². The molecule has 1 aromatic rings. The first-order valence-electron chi connectivity index (χ1n) is 5.37. The molecule has 0 bridgehead atoms. The van der Waals surface area contributed by atoms with Crippen molar-refractivity contribution in [2.45, 2.75) is 39.2 Å². The normalized spacial score (nSPS) is 12.4. The number of aliphatic hydroxyl groups is 1. The third kappa shape index (κ3) is 3.31. The van der Waals surface area contributed by atoms with Gasteiger partial charge in [-0.1, -0.05) is 6.92 Å². The molecule has 0 fully saturated rings. The number of aliphatic hydroxyl groups excluding tert-OH is 1. The van der Waals surface area contributed by atoms with Crippen molar-refractivity contribution < 1.29 is 19.1 Å². The Morgan fingerprint density at radius 3 is 2.69 bits per heavy atom. The first-order chi connectivity index (χ1) is 7.54. The SMILES string of the molecule is CCC(=O)CCc1ccc(C(=O)C(C)O)o1. The Labute approximate surface area is 94.3 Å². The summed E-state index contributed by atoms with van der Waals surface area (Å²) in [5.41, 5.74) is 0. The van der Waals surface area contributed by atoms with E-state index in [-0.39, 0.29) is 11.5 Å². The second-order valence-electron chi connectivity index (χ2n) is 3.70. The predicted octanol–water partition coefficient (Wildman–Crippen LogP) is 1.75. The molecule has 4 nitrogen and oxygen atoms in total. The summed E-state index contributed by atoms with van der Waals surface area (Å²) < 4.78 is 5.24. The second kappa shape index (κ2) is 5.61. The minimum Gasteiger partial charge on any atom is -0.458 e. The number of hydrogen-bond donors (Lipinski definition) is 1. The van der Waals surface area contributed by atoms with Crippen molar-refractivity contribution >= 4 is 11.6 Å². The van der Waals surface area contributed by atoms with Gasteiger partial charge in [-0.05, 0) is 19.1 Å². The van der Waals surface area contributed by atoms with Crippen LogP contribution in [0.2, 0.25) is 0 Å². The first-order valence-corrected chi connectivity index (χ1v) is 5.37. The summed E-state index contributed by atoms with van der Waals surface area (Å²) in [7, 11) is 0. The Bertz CT molecular complexity index is 376. The molecule has 1 heterocycles. The molecule has 16 heavy (non-hydrogen) atoms. The van der Waals surface area contributed by atoms with Gasteiger partial charge >= 0.3 is 0 Å². The molecule has 88 valence electrons. The van der Waals surface area contributed by atoms with Crippen LogP contribution in [0.25, 0.3) is 0 Å². The van der Waals surface area contributed by atoms with Gasteiger partial charge in [-0.15, -0.1) is 0 Å². The highest BCUT2D eigenvalue weighted by Crippen LogP contribution is 2.12. The van der Waals surface area contributed by atoms with Crippen LogP contribution in [0, 0.1) is 0 Å². The van der Waals surface area contributed by atoms with Crippen LogP contribution in [0.5, 0.6) is 0 Å². The molecule has 1 N–H and O–H groups in total. The molecule has 1 aromatic heterocycles. The summed E-state index contributed by atoms with van der Waals surface area (Å²) in [4.78, 5) is 22.4. The van der Waals surface area contributed by atoms with Crippen molar-refractivity contribution in [3.63, 3.8) is 0 Å². The number of carbonyl (C=O) groups is 2. The number of hydrogen-bond acceptors (Lipinski definition) is 4. The molecule has 0 aliphatic carbocycles. The third-order valence-corrected chi connectivity index (χ3v) is 2.33. The van der Waals surface area contributed by atoms with Crippen LogP contribution in [0.1, 0.15) is 43.0 Å². The fourth-order valence-corrected chi connectivity index (χ4v) is 1.29. The van der Waals surface area contributed by atoms with Gasteiger partial charge in [0.15, 0.2) is 5.76 Å². The maximum absolute atomic E-state index is 11.3. The van der Waals surface area contributed by atoms with Crippen LogP contribution in [-0.4, -0.2) is 22.8 Å². The lowest BCUT2D eigenvalue weighted by atomic mass is 10.1. The lowest BCUT2D eigenvalue weighted by Gasteiger charge is -1.99. The lowest BCUT2D eigenvalue weighted by Crippen LogP contribution is -2.15. The van der Waals surface area contributed by atoms with Gasteiger partial charge < -0.3 is 9.52 Å². The number of aryl methyl sites for hydroxylation is 1. The van der Waals surface area contributed by atoms with Gasteiger partial charge in [-0.3, -0.25) is 9.59 Å². The standard InChI is InChI=1S/C12H16O4/c1-3-9(14)4-5-10-6-7-11(16-10)12(15)8(2)13/h6-8,13H,3-5H2,1-2H3. The van der Waals surface area contributed by atoms with Gasteiger partial charge in [0.1, 0.15) is 17.6 Å². The summed E-state index contributed by atoms with van der Waals surface area (Å²) in [6.07, 6.45) is 0.378. The van der Waals surface area contributed by atoms with Crippen molar-refractivity contribution in [3.05, 3.63) is 23.7 Å². The zero-order valence-electron chi connectivity index (χ0n) is 9.53. The fourth-order valence-electron chi connectivity index (χ4n) is 1.29. The second-order valence-corrected chi connectivity index (χ2v) is 3.70. The van der Waals surface area contributed by atoms with Gasteiger partial charge in [-0.25, -0.2) is 0 Å². The molecule has 1 unspecified atom stereocenters. The Balaban J connectivity index is 2.58. The Morgan fingerprint density at radius 2 is 2.12 bits per heavy atom. The molecule has 0 aromatic carbocycles. The average molecular weight is 224 g/mol. The number of rotatable bonds is 6. The van der Waals surface area contributed by atoms with E-state index >= 15 is 0 Å². The fraction of sp³-hybridized carbons (Fsp3) is 0.500. The largest absolute Gasteiger partial charge is 0.458 e. The van der Waals surface area contributed by atoms with E-state index in [0.29, 0.717) is 25.0 Å². The monoisotopic (exact) mass is 224 g/mol. The Morgan fingerprint density at radius 1 is 1.44 bits per heavy atom. The maximum Gasteiger partial charge on any atom is 0.226 e. The third-order valence-electron chi connectivity index (χ3n) is 2.33. The van der Waals surface area contributed by atoms with Crippen molar-refractivity contribution in [1.82, 2.24) is 0 Å². The van der Waals surface area contributed by atoms with Crippen LogP contribution in [-0.2, 0) is 11.2 Å². The summed E-state index contributed by atoms with van der Waals surface area (Å²) in [5.74, 6) is 0.479. The number of furan rings is 1. The smallest absolute Gasteiger partial charge is 0.226 e. The van der Waals surface area contributed by atoms with E-state index in [4.69, 9.17) is 9.52 Å². The molecule has 0 aliphatic rings. The first kappa shape index (κ1) is 12.6. The highest BCUT2D eigenvalue weighted by molar-refractivity contribution is 5.96. The molecule has 0 amide bonds. The van der Waals surface area contributed by atoms with Gasteiger partial charge in [0.05, 0.1) is 0 Å². The topological polar surface area (TPSA) is 67.5 Å². The summed E-state index contributed by atoms with van der Waals surface area (Å²) in [6.45, 7) is 3.21. The van der Waals surface area contributed by atoms with E-state index in [2.05, 4.69) is 0 Å². The van der Waals surface area contributed by atoms with E-state index < -0.39 is 11.9 Å². The molecule has 0 spiro atoms. The van der Waals surface area contributed by atoms with Crippen molar-refractivity contribution in [2.24, 2.45) is 0 Å². The van der Waals surface area contributed by atoms with Crippen LogP contribution >= 0.6 is 0 Å². The number of ketones is 2. The van der Waals surface area contributed by atoms with Crippen LogP contribution < -0.4 is 0 Å². The van der Waals surface area contributed by atoms with E-state index in [1.165, 1.54) is 13.0 Å². The van der Waals surface area contributed by atoms with Crippen LogP contribution in [0.4, 0.5) is 0 Å². The van der Waals surface area contributed by atoms with Crippen molar-refractivity contribution in [1.29, 1.82) is 0 Å². The lowest BCUT2D eigenvalue weighted by molar-refractivity contribution is -0.118. The summed E-state index contributed by atoms with van der Waals surface area (Å²) in [5, 5.41) is 9.08. The molecule has 1 atom stereocenters. The average Bonchev–Trinajstić information content (AvgIpc) is 2.73. The molecule has 1 rings (SSSR count). The maximum atomic E-state index is 11.3. The van der Waals surface area contributed by atoms with E-state index in [1.54, 1.807) is 6.07 Å². The molecule has 0 radical (unpaired) electrons. The molecular weight excluding hydrogens is 208 g/mol. The summed E-state index contributed by atoms with van der Waals surface area (Å²) >= 11 is 0. The number of carbonyl (C=O) groups excluding carboxylic acids is 2. The predicted molar refractivity (Wildman–Crippen MR) is 58.3 cm³/mol. The number of Topliss-reactive ketones (excluding diaryl/α,β-unsaturated/α-hetero) is 2. The van der Waals surface area contributed by atoms with Crippen LogP contribution in [0.3, 0.4) is 0 Å². The molecule has 0 aliphatic heterocycles. The van der Waals surface area contributed by atoms with Gasteiger partial charge in [0.25, 0.3) is 0 Å². The Kier molecular flexibility index (Phi) is 4.43. The zero-order chi connectivity index (χ0) is 12.1.